The van der Waals surface area contributed by atoms with Crippen molar-refractivity contribution in [2.24, 2.45) is 17.2 Å². The molecule has 0 unspecified atom stereocenters. The minimum atomic E-state index is -0.400. The first kappa shape index (κ1) is 32.8. The van der Waals surface area contributed by atoms with E-state index < -0.39 is 23.9 Å². The predicted octanol–water partition coefficient (Wildman–Crippen LogP) is -1.02. The van der Waals surface area contributed by atoms with E-state index in [1.54, 1.807) is 43.2 Å². The van der Waals surface area contributed by atoms with E-state index >= 15 is 0 Å². The standard InChI is InChI=1S/C21H38N8O5S4/c22-8-7-17(32)29(11-15(30)25-9-3-1-5-13(18(23)33)27-20-35-36-20)12-16(31)26-10-4-2-6-14(19(24)34)28-21-37-38-21/h13-14,20-21,27-28H,1-12,22H2,(H2,23,33)(H2,24,34)(H,25,30)(H,26,31)/t13-,14-/m0/s1. The number of nitrogens with zero attached hydrogens (tertiary/aromatic N) is 1. The van der Waals surface area contributed by atoms with Crippen molar-refractivity contribution in [3.63, 3.8) is 0 Å². The van der Waals surface area contributed by atoms with E-state index in [0.717, 1.165) is 0 Å². The Balaban J connectivity index is 1.64. The van der Waals surface area contributed by atoms with Crippen molar-refractivity contribution in [1.29, 1.82) is 0 Å². The summed E-state index contributed by atoms with van der Waals surface area (Å²) in [5, 5.41) is 11.8. The Labute approximate surface area is 238 Å². The minimum absolute atomic E-state index is 0.0265. The van der Waals surface area contributed by atoms with E-state index in [4.69, 9.17) is 17.2 Å². The van der Waals surface area contributed by atoms with Gasteiger partial charge in [0.05, 0.1) is 12.1 Å². The maximum Gasteiger partial charge on any atom is 0.239 e. The molecule has 2 heterocycles. The molecule has 216 valence electrons. The number of nitrogens with one attached hydrogen (secondary N) is 4. The fourth-order valence-electron chi connectivity index (χ4n) is 3.49. The van der Waals surface area contributed by atoms with Crippen LogP contribution in [0.3, 0.4) is 0 Å². The van der Waals surface area contributed by atoms with Crippen molar-refractivity contribution in [2.75, 3.05) is 32.7 Å². The van der Waals surface area contributed by atoms with Crippen molar-refractivity contribution in [3.05, 3.63) is 0 Å². The molecule has 2 aliphatic rings. The van der Waals surface area contributed by atoms with Gasteiger partial charge in [0.15, 0.2) is 0 Å². The Morgan fingerprint density at radius 1 is 0.711 bits per heavy atom. The van der Waals surface area contributed by atoms with Crippen LogP contribution in [0.5, 0.6) is 0 Å². The summed E-state index contributed by atoms with van der Waals surface area (Å²) in [6, 6.07) is -0.799. The second-order valence-electron chi connectivity index (χ2n) is 8.77. The lowest BCUT2D eigenvalue weighted by Gasteiger charge is -2.22. The van der Waals surface area contributed by atoms with Crippen LogP contribution >= 0.6 is 43.2 Å². The van der Waals surface area contributed by atoms with Gasteiger partial charge in [0.1, 0.15) is 22.5 Å². The second kappa shape index (κ2) is 18.1. The van der Waals surface area contributed by atoms with Crippen molar-refractivity contribution in [3.8, 4) is 0 Å². The fraction of sp³-hybridized carbons (Fsp3) is 0.762. The van der Waals surface area contributed by atoms with Gasteiger partial charge in [-0.25, -0.2) is 0 Å². The third-order valence-corrected chi connectivity index (χ3v) is 9.23. The second-order valence-corrected chi connectivity index (χ2v) is 14.3. The van der Waals surface area contributed by atoms with Crippen LogP contribution in [0.1, 0.15) is 44.9 Å². The zero-order valence-electron chi connectivity index (χ0n) is 21.1. The molecule has 2 atom stereocenters. The first-order chi connectivity index (χ1) is 18.2. The van der Waals surface area contributed by atoms with Crippen LogP contribution in [0.15, 0.2) is 0 Å². The molecular formula is C21H38N8O5S4. The number of hydrogen-bond donors (Lipinski definition) is 7. The summed E-state index contributed by atoms with van der Waals surface area (Å²) in [5.74, 6) is -1.93. The average Bonchev–Trinajstić information content (AvgIpc) is 3.78. The molecule has 13 nitrogen and oxygen atoms in total. The van der Waals surface area contributed by atoms with Gasteiger partial charge in [-0.2, -0.15) is 0 Å². The lowest BCUT2D eigenvalue weighted by molar-refractivity contribution is -0.139. The number of hydrogen-bond acceptors (Lipinski definition) is 12. The van der Waals surface area contributed by atoms with Gasteiger partial charge in [-0.1, -0.05) is 43.2 Å². The molecule has 2 aliphatic heterocycles. The van der Waals surface area contributed by atoms with Gasteiger partial charge in [-0.15, -0.1) is 0 Å². The van der Waals surface area contributed by atoms with Crippen LogP contribution in [0.4, 0.5) is 0 Å². The SMILES string of the molecule is NCCC(=O)N(CC(=O)NCCCC[C@H](NC1SS1)C(N)=O)CC(=O)NCCCC[C@H](NC1SS1)C(N)=O. The van der Waals surface area contributed by atoms with Gasteiger partial charge in [0, 0.05) is 26.1 Å². The first-order valence-corrected chi connectivity index (χ1v) is 17.0. The molecule has 0 radical (unpaired) electrons. The van der Waals surface area contributed by atoms with Crippen molar-refractivity contribution >= 4 is 72.7 Å². The number of carbonyl (C=O) groups is 5. The Hall–Kier alpha value is -1.37. The van der Waals surface area contributed by atoms with Crippen LogP contribution in [0, 0.1) is 0 Å². The number of rotatable bonds is 22. The van der Waals surface area contributed by atoms with Crippen LogP contribution in [0.2, 0.25) is 0 Å². The highest BCUT2D eigenvalue weighted by atomic mass is 33.2. The van der Waals surface area contributed by atoms with Crippen LogP contribution < -0.4 is 38.5 Å². The topological polar surface area (TPSA) is 215 Å². The Morgan fingerprint density at radius 2 is 1.13 bits per heavy atom. The highest BCUT2D eigenvalue weighted by Crippen LogP contribution is 2.51. The highest BCUT2D eigenvalue weighted by Gasteiger charge is 2.30. The van der Waals surface area contributed by atoms with E-state index in [2.05, 4.69) is 21.3 Å². The van der Waals surface area contributed by atoms with Crippen LogP contribution in [-0.4, -0.2) is 88.7 Å². The average molecular weight is 611 g/mol. The summed E-state index contributed by atoms with van der Waals surface area (Å²) in [6.07, 6.45) is 3.84. The predicted molar refractivity (Wildman–Crippen MR) is 154 cm³/mol. The molecule has 2 rings (SSSR count). The van der Waals surface area contributed by atoms with Crippen LogP contribution in [-0.2, 0) is 24.0 Å². The van der Waals surface area contributed by atoms with E-state index in [1.165, 1.54) is 4.90 Å². The number of unbranched alkanes of at least 4 members (excludes halogenated alkanes) is 2. The number of carbonyl (C=O) groups excluding carboxylic acids is 5. The molecule has 10 N–H and O–H groups in total. The molecule has 0 bridgehead atoms. The lowest BCUT2D eigenvalue weighted by Crippen LogP contribution is -2.46. The van der Waals surface area contributed by atoms with Gasteiger partial charge >= 0.3 is 0 Å². The molecule has 5 amide bonds. The summed E-state index contributed by atoms with van der Waals surface area (Å²) < 4.78 is 0.423. The van der Waals surface area contributed by atoms with Gasteiger partial charge in [-0.05, 0) is 38.5 Å². The quantitative estimate of drug-likeness (QED) is 0.0446. The Kier molecular flexibility index (Phi) is 15.6. The molecular weight excluding hydrogens is 573 g/mol. The van der Waals surface area contributed by atoms with Crippen molar-refractivity contribution in [2.45, 2.75) is 66.4 Å². The van der Waals surface area contributed by atoms with E-state index in [-0.39, 0.29) is 53.2 Å². The molecule has 2 saturated heterocycles. The normalized spacial score (nSPS) is 16.3. The molecule has 0 saturated carbocycles. The molecule has 0 aromatic rings. The zero-order chi connectivity index (χ0) is 27.9. The summed E-state index contributed by atoms with van der Waals surface area (Å²) >= 11 is 0. The minimum Gasteiger partial charge on any atom is -0.368 e. The molecule has 0 aromatic heterocycles. The first-order valence-electron chi connectivity index (χ1n) is 12.5. The fourth-order valence-corrected chi connectivity index (χ4v) is 5.48. The summed E-state index contributed by atoms with van der Waals surface area (Å²) in [6.45, 7) is 0.357. The van der Waals surface area contributed by atoms with Gasteiger partial charge < -0.3 is 32.7 Å². The van der Waals surface area contributed by atoms with Gasteiger partial charge in [0.25, 0.3) is 0 Å². The maximum atomic E-state index is 12.4. The molecule has 0 spiro atoms. The monoisotopic (exact) mass is 610 g/mol. The number of amides is 5. The van der Waals surface area contributed by atoms with Gasteiger partial charge in [0.2, 0.25) is 29.5 Å². The number of primary amides is 2. The molecule has 0 aromatic carbocycles. The van der Waals surface area contributed by atoms with Crippen LogP contribution in [0.25, 0.3) is 0 Å². The zero-order valence-corrected chi connectivity index (χ0v) is 24.4. The van der Waals surface area contributed by atoms with E-state index in [0.29, 0.717) is 51.6 Å². The summed E-state index contributed by atoms with van der Waals surface area (Å²) in [5.41, 5.74) is 16.3. The largest absolute Gasteiger partial charge is 0.368 e. The molecule has 38 heavy (non-hydrogen) atoms. The number of nitrogens with two attached hydrogens (primary N) is 3. The highest BCUT2D eigenvalue weighted by molar-refractivity contribution is 8.93. The third kappa shape index (κ3) is 14.7. The maximum absolute atomic E-state index is 12.4. The summed E-state index contributed by atoms with van der Waals surface area (Å²) in [7, 11) is 6.57. The van der Waals surface area contributed by atoms with E-state index in [1.807, 2.05) is 0 Å². The third-order valence-electron chi connectivity index (χ3n) is 5.61. The van der Waals surface area contributed by atoms with E-state index in [9.17, 15) is 24.0 Å². The Morgan fingerprint density at radius 3 is 1.47 bits per heavy atom. The summed E-state index contributed by atoms with van der Waals surface area (Å²) in [4.78, 5) is 61.4. The lowest BCUT2D eigenvalue weighted by atomic mass is 10.1. The molecule has 0 aliphatic carbocycles. The smallest absolute Gasteiger partial charge is 0.239 e. The Bertz CT molecular complexity index is 762. The molecule has 2 fully saturated rings. The van der Waals surface area contributed by atoms with Gasteiger partial charge in [-0.3, -0.25) is 34.6 Å². The van der Waals surface area contributed by atoms with Crippen molar-refractivity contribution < 1.29 is 24.0 Å². The van der Waals surface area contributed by atoms with Crippen molar-refractivity contribution in [1.82, 2.24) is 26.2 Å². The molecule has 17 heteroatoms.